The second-order valence-corrected chi connectivity index (χ2v) is 12.0. The molecule has 0 radical (unpaired) electrons. The van der Waals surface area contributed by atoms with Crippen LogP contribution >= 0.6 is 0 Å². The second kappa shape index (κ2) is 8.53. The lowest BCUT2D eigenvalue weighted by molar-refractivity contribution is -0.137. The second-order valence-electron chi connectivity index (χ2n) is 12.0. The Morgan fingerprint density at radius 1 is 1.03 bits per heavy atom. The van der Waals surface area contributed by atoms with Gasteiger partial charge in [0, 0.05) is 29.9 Å². The van der Waals surface area contributed by atoms with E-state index in [-0.39, 0.29) is 28.7 Å². The molecule has 0 spiro atoms. The van der Waals surface area contributed by atoms with E-state index in [1.807, 2.05) is 0 Å². The first kappa shape index (κ1) is 26.2. The minimum absolute atomic E-state index is 0.0641. The lowest BCUT2D eigenvalue weighted by Gasteiger charge is -2.58. The molecule has 4 nitrogen and oxygen atoms in total. The van der Waals surface area contributed by atoms with Crippen molar-refractivity contribution >= 4 is 17.5 Å². The molecule has 9 heteroatoms. The molecule has 7 atom stereocenters. The minimum Gasteiger partial charge on any atom is -0.349 e. The number of benzene rings is 1. The number of halogens is 5. The fourth-order valence-electron chi connectivity index (χ4n) is 8.19. The van der Waals surface area contributed by atoms with Crippen LogP contribution in [-0.4, -0.2) is 17.9 Å². The van der Waals surface area contributed by atoms with Gasteiger partial charge in [-0.1, -0.05) is 26.0 Å². The van der Waals surface area contributed by atoms with Crippen molar-refractivity contribution in [1.82, 2.24) is 5.32 Å². The molecule has 3 saturated carbocycles. The highest BCUT2D eigenvalue weighted by Gasteiger charge is 2.61. The van der Waals surface area contributed by atoms with Crippen LogP contribution in [0.4, 0.5) is 27.6 Å². The van der Waals surface area contributed by atoms with Crippen molar-refractivity contribution in [2.24, 2.45) is 34.5 Å². The summed E-state index contributed by atoms with van der Waals surface area (Å²) in [6.07, 6.45) is 3.77. The van der Waals surface area contributed by atoms with Crippen molar-refractivity contribution in [1.29, 1.82) is 0 Å². The van der Waals surface area contributed by atoms with Crippen molar-refractivity contribution in [2.75, 3.05) is 5.32 Å². The van der Waals surface area contributed by atoms with Gasteiger partial charge in [0.2, 0.25) is 11.8 Å². The molecule has 3 fully saturated rings. The Labute approximate surface area is 213 Å². The summed E-state index contributed by atoms with van der Waals surface area (Å²) in [6, 6.07) is 2.07. The molecule has 1 aliphatic heterocycles. The third kappa shape index (κ3) is 4.26. The highest BCUT2D eigenvalue weighted by atomic mass is 19.4. The third-order valence-corrected chi connectivity index (χ3v) is 10.1. The number of rotatable bonds is 3. The Bertz CT molecular complexity index is 1140. The molecule has 1 aromatic carbocycles. The molecule has 0 bridgehead atoms. The number of fused-ring (bicyclic) bond motifs is 5. The van der Waals surface area contributed by atoms with E-state index in [0.717, 1.165) is 38.2 Å². The van der Waals surface area contributed by atoms with Gasteiger partial charge in [-0.05, 0) is 79.9 Å². The van der Waals surface area contributed by atoms with Gasteiger partial charge in [0.15, 0.2) is 0 Å². The number of alkyl halides is 5. The summed E-state index contributed by atoms with van der Waals surface area (Å²) >= 11 is 0. The van der Waals surface area contributed by atoms with Crippen LogP contribution in [0.2, 0.25) is 0 Å². The maximum atomic E-state index is 14.2. The number of carbonyl (C=O) groups is 2. The fraction of sp³-hybridized carbons (Fsp3) is 0.643. The van der Waals surface area contributed by atoms with Gasteiger partial charge >= 0.3 is 6.18 Å². The first-order valence-corrected chi connectivity index (χ1v) is 13.0. The van der Waals surface area contributed by atoms with Crippen LogP contribution in [0, 0.1) is 34.5 Å². The maximum absolute atomic E-state index is 14.2. The molecule has 0 aromatic heterocycles. The molecule has 2 N–H and O–H groups in total. The van der Waals surface area contributed by atoms with E-state index in [2.05, 4.69) is 30.6 Å². The Balaban J connectivity index is 1.40. The average molecular weight is 525 g/mol. The van der Waals surface area contributed by atoms with E-state index >= 15 is 0 Å². The third-order valence-electron chi connectivity index (χ3n) is 10.1. The number of hydrogen-bond donors (Lipinski definition) is 2. The lowest BCUT2D eigenvalue weighted by Crippen LogP contribution is -2.59. The van der Waals surface area contributed by atoms with Gasteiger partial charge in [0.25, 0.3) is 5.92 Å². The Hall–Kier alpha value is -2.45. The number of amides is 2. The largest absolute Gasteiger partial charge is 0.416 e. The quantitative estimate of drug-likeness (QED) is 0.434. The van der Waals surface area contributed by atoms with Crippen molar-refractivity contribution in [2.45, 2.75) is 77.4 Å². The Kier molecular flexibility index (Phi) is 6.03. The molecule has 202 valence electrons. The fourth-order valence-corrected chi connectivity index (χ4v) is 8.19. The number of anilines is 1. The summed E-state index contributed by atoms with van der Waals surface area (Å²) in [6.45, 7) is 4.89. The van der Waals surface area contributed by atoms with Gasteiger partial charge in [-0.2, -0.15) is 13.2 Å². The van der Waals surface area contributed by atoms with E-state index < -0.39 is 40.7 Å². The normalized spacial score (nSPS) is 37.3. The predicted octanol–water partition coefficient (Wildman–Crippen LogP) is 6.67. The minimum atomic E-state index is -4.72. The number of carbonyl (C=O) groups excluding carboxylic acids is 2. The Morgan fingerprint density at radius 3 is 2.43 bits per heavy atom. The van der Waals surface area contributed by atoms with Crippen LogP contribution in [0.15, 0.2) is 30.4 Å². The molecule has 3 aliphatic carbocycles. The maximum Gasteiger partial charge on any atom is 0.416 e. The van der Waals surface area contributed by atoms with E-state index in [4.69, 9.17) is 0 Å². The lowest BCUT2D eigenvalue weighted by atomic mass is 9.48. The molecule has 1 heterocycles. The summed E-state index contributed by atoms with van der Waals surface area (Å²) in [5.74, 6) is -3.47. The number of hydrogen-bond acceptors (Lipinski definition) is 2. The zero-order valence-corrected chi connectivity index (χ0v) is 21.2. The molecule has 1 aromatic rings. The number of nitrogens with one attached hydrogen (secondary N) is 2. The van der Waals surface area contributed by atoms with Crippen molar-refractivity contribution in [3.05, 3.63) is 41.5 Å². The topological polar surface area (TPSA) is 58.2 Å². The van der Waals surface area contributed by atoms with Crippen LogP contribution in [0.1, 0.15) is 70.4 Å². The van der Waals surface area contributed by atoms with Crippen LogP contribution in [-0.2, 0) is 21.7 Å². The molecular formula is C28H33F5N2O2. The van der Waals surface area contributed by atoms with Gasteiger partial charge in [-0.3, -0.25) is 9.59 Å². The molecule has 4 aliphatic rings. The zero-order valence-electron chi connectivity index (χ0n) is 21.2. The SMILES string of the molecule is CC(F)(F)c1ccc(C(F)(F)F)cc1NC(=O)[C@H]1CCC2C3CCC4NC(=O)C=C[C@]4(C)C3CC[C@@]21C. The van der Waals surface area contributed by atoms with Crippen LogP contribution < -0.4 is 10.6 Å². The van der Waals surface area contributed by atoms with E-state index in [9.17, 15) is 31.5 Å². The molecule has 5 rings (SSSR count). The van der Waals surface area contributed by atoms with E-state index in [0.29, 0.717) is 37.3 Å². The smallest absolute Gasteiger partial charge is 0.349 e. The standard InChI is InChI=1S/C28H33F5N2O2/c1-25-12-10-18-16(5-9-22-26(18,2)13-11-23(36)35-22)17(25)7-8-20(25)24(37)34-21-14-15(28(31,32)33)4-6-19(21)27(3,29)30/h4,6,11,13-14,16-18,20,22H,5,7-10,12H2,1-3H3,(H,34,37)(H,35,36)/t16?,17?,18?,20-,22?,25+,26-/m1/s1. The zero-order chi connectivity index (χ0) is 27.0. The summed E-state index contributed by atoms with van der Waals surface area (Å²) in [4.78, 5) is 25.4. The van der Waals surface area contributed by atoms with Crippen molar-refractivity contribution in [3.8, 4) is 0 Å². The summed E-state index contributed by atoms with van der Waals surface area (Å²) in [5, 5.41) is 5.60. The van der Waals surface area contributed by atoms with Crippen molar-refractivity contribution in [3.63, 3.8) is 0 Å². The Morgan fingerprint density at radius 2 is 1.76 bits per heavy atom. The summed E-state index contributed by atoms with van der Waals surface area (Å²) < 4.78 is 68.4. The first-order valence-electron chi connectivity index (χ1n) is 13.0. The molecular weight excluding hydrogens is 491 g/mol. The predicted molar refractivity (Wildman–Crippen MR) is 129 cm³/mol. The average Bonchev–Trinajstić information content (AvgIpc) is 3.15. The van der Waals surface area contributed by atoms with Gasteiger partial charge in [-0.25, -0.2) is 8.78 Å². The van der Waals surface area contributed by atoms with E-state index in [1.54, 1.807) is 6.08 Å². The molecule has 4 unspecified atom stereocenters. The van der Waals surface area contributed by atoms with Gasteiger partial charge in [0.1, 0.15) is 0 Å². The van der Waals surface area contributed by atoms with Crippen LogP contribution in [0.25, 0.3) is 0 Å². The first-order chi connectivity index (χ1) is 17.1. The highest BCUT2D eigenvalue weighted by Crippen LogP contribution is 2.65. The van der Waals surface area contributed by atoms with Gasteiger partial charge in [-0.15, -0.1) is 0 Å². The highest BCUT2D eigenvalue weighted by molar-refractivity contribution is 5.94. The molecule has 2 amide bonds. The molecule has 37 heavy (non-hydrogen) atoms. The van der Waals surface area contributed by atoms with Crippen LogP contribution in [0.3, 0.4) is 0 Å². The monoisotopic (exact) mass is 524 g/mol. The summed E-state index contributed by atoms with van der Waals surface area (Å²) in [7, 11) is 0. The van der Waals surface area contributed by atoms with Crippen molar-refractivity contribution < 1.29 is 31.5 Å². The van der Waals surface area contributed by atoms with Gasteiger partial charge < -0.3 is 10.6 Å². The van der Waals surface area contributed by atoms with Crippen LogP contribution in [0.5, 0.6) is 0 Å². The van der Waals surface area contributed by atoms with E-state index in [1.165, 1.54) is 0 Å². The van der Waals surface area contributed by atoms with Gasteiger partial charge in [0.05, 0.1) is 11.3 Å². The molecule has 0 saturated heterocycles. The summed E-state index contributed by atoms with van der Waals surface area (Å²) in [5.41, 5.74) is -2.71.